The normalized spacial score (nSPS) is 10.5. The van der Waals surface area contributed by atoms with E-state index in [4.69, 9.17) is 9.47 Å². The number of nitrogens with zero attached hydrogens (tertiary/aromatic N) is 2. The van der Waals surface area contributed by atoms with Gasteiger partial charge in [0.05, 0.1) is 14.2 Å². The molecule has 0 atom stereocenters. The molecule has 0 saturated heterocycles. The van der Waals surface area contributed by atoms with E-state index in [1.165, 1.54) is 22.3 Å². The fourth-order valence-corrected chi connectivity index (χ4v) is 3.16. The van der Waals surface area contributed by atoms with Crippen LogP contribution in [0, 0.1) is 0 Å². The van der Waals surface area contributed by atoms with Gasteiger partial charge in [-0.3, -0.25) is 0 Å². The Morgan fingerprint density at radius 3 is 1.34 bits per heavy atom. The Balaban J connectivity index is 0.00000392. The molecule has 0 amide bonds. The minimum Gasteiger partial charge on any atom is -0.496 e. The van der Waals surface area contributed by atoms with E-state index in [9.17, 15) is 0 Å². The number of likely N-dealkylation sites (N-methyl/N-ethyl adjacent to an activating group) is 2. The third-order valence-electron chi connectivity index (χ3n) is 4.77. The zero-order valence-corrected chi connectivity index (χ0v) is 20.2. The molecule has 0 radical (unpaired) electrons. The molecule has 0 fully saturated rings. The molecule has 29 heavy (non-hydrogen) atoms. The number of hydrogen-bond acceptors (Lipinski definition) is 4. The predicted molar refractivity (Wildman–Crippen MR) is 128 cm³/mol. The van der Waals surface area contributed by atoms with Crippen molar-refractivity contribution in [1.29, 1.82) is 0 Å². The summed E-state index contributed by atoms with van der Waals surface area (Å²) < 4.78 is 11.2. The quantitative estimate of drug-likeness (QED) is 0.545. The average molecular weight is 443 g/mol. The van der Waals surface area contributed by atoms with E-state index >= 15 is 0 Å². The molecule has 0 saturated carbocycles. The van der Waals surface area contributed by atoms with Gasteiger partial charge >= 0.3 is 0 Å². The van der Waals surface area contributed by atoms with Gasteiger partial charge in [-0.05, 0) is 75.4 Å². The maximum absolute atomic E-state index is 5.62. The molecular formula is C23H36Cl2N2O2. The van der Waals surface area contributed by atoms with Crippen molar-refractivity contribution in [2.75, 3.05) is 55.5 Å². The highest BCUT2D eigenvalue weighted by Crippen LogP contribution is 2.28. The summed E-state index contributed by atoms with van der Waals surface area (Å²) in [6.45, 7) is 2.07. The van der Waals surface area contributed by atoms with Crippen molar-refractivity contribution in [2.24, 2.45) is 0 Å². The van der Waals surface area contributed by atoms with Crippen molar-refractivity contribution < 1.29 is 9.47 Å². The van der Waals surface area contributed by atoms with Crippen LogP contribution in [0.15, 0.2) is 36.4 Å². The van der Waals surface area contributed by atoms with Gasteiger partial charge in [0.15, 0.2) is 0 Å². The maximum atomic E-state index is 5.62. The van der Waals surface area contributed by atoms with Crippen molar-refractivity contribution in [1.82, 2.24) is 9.80 Å². The number of methoxy groups -OCH3 is 2. The second-order valence-corrected chi connectivity index (χ2v) is 7.58. The highest BCUT2D eigenvalue weighted by Gasteiger charge is 2.11. The van der Waals surface area contributed by atoms with Gasteiger partial charge in [-0.15, -0.1) is 24.8 Å². The van der Waals surface area contributed by atoms with E-state index in [1.54, 1.807) is 14.2 Å². The monoisotopic (exact) mass is 442 g/mol. The van der Waals surface area contributed by atoms with Gasteiger partial charge in [-0.1, -0.05) is 24.3 Å². The van der Waals surface area contributed by atoms with Gasteiger partial charge in [-0.2, -0.15) is 0 Å². The van der Waals surface area contributed by atoms with Crippen molar-refractivity contribution in [3.05, 3.63) is 58.7 Å². The van der Waals surface area contributed by atoms with E-state index in [0.717, 1.165) is 43.9 Å². The van der Waals surface area contributed by atoms with E-state index in [0.29, 0.717) is 0 Å². The SMILES string of the molecule is COc1ccc(CCN(C)C)cc1Cc1cc(CCN(C)C)ccc1OC.Cl.Cl. The fourth-order valence-electron chi connectivity index (χ4n) is 3.16. The summed E-state index contributed by atoms with van der Waals surface area (Å²) in [5.74, 6) is 1.87. The molecule has 0 heterocycles. The van der Waals surface area contributed by atoms with Gasteiger partial charge in [-0.25, -0.2) is 0 Å². The Morgan fingerprint density at radius 1 is 0.655 bits per heavy atom. The summed E-state index contributed by atoms with van der Waals surface area (Å²) in [7, 11) is 11.9. The highest BCUT2D eigenvalue weighted by atomic mass is 35.5. The molecule has 0 aliphatic heterocycles. The summed E-state index contributed by atoms with van der Waals surface area (Å²) >= 11 is 0. The molecule has 4 nitrogen and oxygen atoms in total. The average Bonchev–Trinajstić information content (AvgIpc) is 2.65. The van der Waals surface area contributed by atoms with E-state index < -0.39 is 0 Å². The maximum Gasteiger partial charge on any atom is 0.122 e. The van der Waals surface area contributed by atoms with Crippen LogP contribution in [0.2, 0.25) is 0 Å². The molecule has 2 rings (SSSR count). The lowest BCUT2D eigenvalue weighted by atomic mass is 9.97. The Kier molecular flexibility index (Phi) is 13.0. The number of rotatable bonds is 10. The highest BCUT2D eigenvalue weighted by molar-refractivity contribution is 5.85. The van der Waals surface area contributed by atoms with Crippen LogP contribution in [0.3, 0.4) is 0 Å². The lowest BCUT2D eigenvalue weighted by Crippen LogP contribution is -2.15. The molecule has 0 aliphatic carbocycles. The number of hydrogen-bond donors (Lipinski definition) is 0. The molecule has 0 unspecified atom stereocenters. The molecule has 0 N–H and O–H groups in total. The lowest BCUT2D eigenvalue weighted by molar-refractivity contribution is 0.403. The zero-order chi connectivity index (χ0) is 19.8. The Morgan fingerprint density at radius 2 is 1.03 bits per heavy atom. The third-order valence-corrected chi connectivity index (χ3v) is 4.77. The largest absolute Gasteiger partial charge is 0.496 e. The first-order chi connectivity index (χ1) is 12.9. The van der Waals surface area contributed by atoms with Gasteiger partial charge in [0.25, 0.3) is 0 Å². The summed E-state index contributed by atoms with van der Waals surface area (Å²) in [5, 5.41) is 0. The van der Waals surface area contributed by atoms with E-state index in [2.05, 4.69) is 74.4 Å². The van der Waals surface area contributed by atoms with Crippen LogP contribution >= 0.6 is 24.8 Å². The van der Waals surface area contributed by atoms with Crippen LogP contribution in [0.25, 0.3) is 0 Å². The molecule has 164 valence electrons. The van der Waals surface area contributed by atoms with Crippen molar-refractivity contribution in [3.8, 4) is 11.5 Å². The predicted octanol–water partition coefficient (Wildman–Crippen LogP) is 4.35. The van der Waals surface area contributed by atoms with Gasteiger partial charge in [0, 0.05) is 19.5 Å². The van der Waals surface area contributed by atoms with E-state index in [-0.39, 0.29) is 24.8 Å². The Labute approximate surface area is 189 Å². The van der Waals surface area contributed by atoms with Crippen LogP contribution < -0.4 is 9.47 Å². The smallest absolute Gasteiger partial charge is 0.122 e. The molecule has 0 aromatic heterocycles. The standard InChI is InChI=1S/C23H34N2O2.2ClH/c1-24(2)13-11-18-7-9-22(26-5)20(15-18)17-21-16-19(12-14-25(3)4)8-10-23(21)27-6;;/h7-10,15-16H,11-14,17H2,1-6H3;2*1H. The van der Waals surface area contributed by atoms with Crippen LogP contribution in [-0.2, 0) is 19.3 Å². The first kappa shape index (κ1) is 27.5. The Bertz CT molecular complexity index is 675. The first-order valence-electron chi connectivity index (χ1n) is 9.54. The van der Waals surface area contributed by atoms with Crippen LogP contribution in [0.1, 0.15) is 22.3 Å². The summed E-state index contributed by atoms with van der Waals surface area (Å²) in [6, 6.07) is 13.0. The van der Waals surface area contributed by atoms with Crippen molar-refractivity contribution >= 4 is 24.8 Å². The Hall–Kier alpha value is -1.46. The minimum absolute atomic E-state index is 0. The van der Waals surface area contributed by atoms with Crippen molar-refractivity contribution in [3.63, 3.8) is 0 Å². The van der Waals surface area contributed by atoms with Crippen LogP contribution in [0.5, 0.6) is 11.5 Å². The second-order valence-electron chi connectivity index (χ2n) is 7.58. The molecular weight excluding hydrogens is 407 g/mol. The van der Waals surface area contributed by atoms with Crippen molar-refractivity contribution in [2.45, 2.75) is 19.3 Å². The first-order valence-corrected chi connectivity index (χ1v) is 9.54. The van der Waals surface area contributed by atoms with Gasteiger partial charge in [0.2, 0.25) is 0 Å². The number of halogens is 2. The summed E-state index contributed by atoms with van der Waals surface area (Å²) in [6.07, 6.45) is 2.87. The second kappa shape index (κ2) is 13.7. The molecule has 0 aliphatic rings. The summed E-state index contributed by atoms with van der Waals surface area (Å²) in [5.41, 5.74) is 5.08. The minimum atomic E-state index is 0. The van der Waals surface area contributed by atoms with Gasteiger partial charge in [0.1, 0.15) is 11.5 Å². The summed E-state index contributed by atoms with van der Waals surface area (Å²) in [4.78, 5) is 4.42. The zero-order valence-electron chi connectivity index (χ0n) is 18.5. The molecule has 0 bridgehead atoms. The van der Waals surface area contributed by atoms with Crippen LogP contribution in [0.4, 0.5) is 0 Å². The molecule has 0 spiro atoms. The molecule has 2 aromatic carbocycles. The van der Waals surface area contributed by atoms with E-state index in [1.807, 2.05) is 0 Å². The lowest BCUT2D eigenvalue weighted by Gasteiger charge is -2.16. The molecule has 6 heteroatoms. The number of ether oxygens (including phenoxy) is 2. The fraction of sp³-hybridized carbons (Fsp3) is 0.478. The topological polar surface area (TPSA) is 24.9 Å². The number of benzene rings is 2. The van der Waals surface area contributed by atoms with Gasteiger partial charge < -0.3 is 19.3 Å². The molecule has 2 aromatic rings. The third kappa shape index (κ3) is 8.83. The van der Waals surface area contributed by atoms with Crippen LogP contribution in [-0.4, -0.2) is 65.3 Å².